The highest BCUT2D eigenvalue weighted by molar-refractivity contribution is 9.11. The molecular weight excluding hydrogens is 544 g/mol. The Morgan fingerprint density at radius 2 is 1.32 bits per heavy atom. The van der Waals surface area contributed by atoms with E-state index in [1.54, 1.807) is 0 Å². The number of hydrogen-bond donors (Lipinski definition) is 2. The number of alkyl halides is 3. The van der Waals surface area contributed by atoms with Crippen molar-refractivity contribution in [2.75, 3.05) is 0 Å². The largest absolute Gasteiger partial charge is 0.478 e. The number of hydrogen-bond acceptors (Lipinski definition) is 2. The molecule has 0 spiro atoms. The number of halogens is 10. The topological polar surface area (TPSA) is 74.6 Å². The van der Waals surface area contributed by atoms with Gasteiger partial charge < -0.3 is 10.2 Å². The highest BCUT2D eigenvalue weighted by Crippen LogP contribution is 2.42. The van der Waals surface area contributed by atoms with Gasteiger partial charge in [0, 0.05) is 0 Å². The van der Waals surface area contributed by atoms with Crippen molar-refractivity contribution in [3.63, 3.8) is 0 Å². The Balaban J connectivity index is 0.000000280. The summed E-state index contributed by atoms with van der Waals surface area (Å²) in [5.41, 5.74) is -3.21. The lowest BCUT2D eigenvalue weighted by atomic mass is 9.99. The molecule has 0 aromatic heterocycles. The number of rotatable bonds is 2. The van der Waals surface area contributed by atoms with Crippen molar-refractivity contribution < 1.29 is 54.9 Å². The molecule has 0 saturated carbocycles. The molecule has 0 aliphatic heterocycles. The van der Waals surface area contributed by atoms with Crippen LogP contribution in [0.1, 0.15) is 10.4 Å². The number of carbonyl (C=O) groups is 2. The van der Waals surface area contributed by atoms with Crippen LogP contribution in [0.3, 0.4) is 0 Å². The molecule has 1 atom stereocenters. The summed E-state index contributed by atoms with van der Waals surface area (Å²) in [5.74, 6) is -17.1. The van der Waals surface area contributed by atoms with Crippen molar-refractivity contribution in [1.82, 2.24) is 0 Å². The van der Waals surface area contributed by atoms with Crippen molar-refractivity contribution >= 4 is 43.8 Å². The van der Waals surface area contributed by atoms with Gasteiger partial charge in [-0.1, -0.05) is 0 Å². The molecule has 0 bridgehead atoms. The summed E-state index contributed by atoms with van der Waals surface area (Å²) >= 11 is 4.51. The quantitative estimate of drug-likeness (QED) is 0.301. The van der Waals surface area contributed by atoms with E-state index in [4.69, 9.17) is 10.2 Å². The third-order valence-corrected chi connectivity index (χ3v) is 4.51. The van der Waals surface area contributed by atoms with E-state index in [1.165, 1.54) is 0 Å². The summed E-state index contributed by atoms with van der Waals surface area (Å²) in [6.07, 6.45) is -2.93. The van der Waals surface area contributed by atoms with Crippen LogP contribution in [0.25, 0.3) is 0 Å². The van der Waals surface area contributed by atoms with Crippen LogP contribution in [0.2, 0.25) is 0 Å². The Labute approximate surface area is 166 Å². The van der Waals surface area contributed by atoms with E-state index < -0.39 is 73.2 Å². The van der Waals surface area contributed by atoms with Crippen LogP contribution in [-0.2, 0) is 4.79 Å². The van der Waals surface area contributed by atoms with Crippen LogP contribution < -0.4 is 0 Å². The fraction of sp³-hybridized carbons (Fsp3) is 0.143. The van der Waals surface area contributed by atoms with Gasteiger partial charge in [-0.05, 0) is 37.9 Å². The second kappa shape index (κ2) is 8.59. The van der Waals surface area contributed by atoms with E-state index in [9.17, 15) is 44.7 Å². The average Bonchev–Trinajstić information content (AvgIpc) is 2.57. The van der Waals surface area contributed by atoms with Gasteiger partial charge in [0.1, 0.15) is 17.0 Å². The van der Waals surface area contributed by atoms with E-state index in [-0.39, 0.29) is 6.08 Å². The molecule has 1 aliphatic carbocycles. The second-order valence-corrected chi connectivity index (χ2v) is 6.44. The molecule has 2 N–H and O–H groups in total. The average molecular weight is 548 g/mol. The maximum atomic E-state index is 12.9. The Morgan fingerprint density at radius 3 is 1.68 bits per heavy atom. The summed E-state index contributed by atoms with van der Waals surface area (Å²) in [6.45, 7) is 0. The fourth-order valence-corrected chi connectivity index (χ4v) is 2.46. The van der Waals surface area contributed by atoms with Crippen LogP contribution in [0, 0.1) is 23.3 Å². The van der Waals surface area contributed by atoms with E-state index in [0.29, 0.717) is 0 Å². The van der Waals surface area contributed by atoms with Crippen LogP contribution in [-0.4, -0.2) is 34.2 Å². The zero-order valence-corrected chi connectivity index (χ0v) is 15.8. The van der Waals surface area contributed by atoms with Crippen molar-refractivity contribution in [3.05, 3.63) is 55.3 Å². The van der Waals surface area contributed by atoms with Crippen LogP contribution in [0.15, 0.2) is 26.4 Å². The molecule has 1 aliphatic rings. The minimum atomic E-state index is -4.04. The Hall–Kier alpha value is -1.96. The van der Waals surface area contributed by atoms with Crippen LogP contribution in [0.4, 0.5) is 35.1 Å². The second-order valence-electron chi connectivity index (χ2n) is 4.79. The normalized spacial score (nSPS) is 18.2. The van der Waals surface area contributed by atoms with Gasteiger partial charge in [0.15, 0.2) is 23.3 Å². The van der Waals surface area contributed by atoms with Gasteiger partial charge in [-0.15, -0.1) is 0 Å². The number of carboxylic acids is 2. The van der Waals surface area contributed by atoms with Gasteiger partial charge >= 0.3 is 17.9 Å². The first-order valence-electron chi connectivity index (χ1n) is 6.43. The number of allylic oxidation sites excluding steroid dienone is 3. The van der Waals surface area contributed by atoms with Gasteiger partial charge in [0.05, 0.1) is 8.96 Å². The van der Waals surface area contributed by atoms with Crippen LogP contribution >= 0.6 is 31.9 Å². The third-order valence-electron chi connectivity index (χ3n) is 3.06. The molecule has 1 aromatic rings. The van der Waals surface area contributed by atoms with E-state index in [0.717, 1.165) is 0 Å². The molecule has 0 radical (unpaired) electrons. The molecule has 1 aromatic carbocycles. The lowest BCUT2D eigenvalue weighted by Crippen LogP contribution is -2.37. The van der Waals surface area contributed by atoms with E-state index in [2.05, 4.69) is 31.9 Å². The Bertz CT molecular complexity index is 884. The van der Waals surface area contributed by atoms with Crippen molar-refractivity contribution in [2.45, 2.75) is 12.1 Å². The fourth-order valence-electron chi connectivity index (χ4n) is 1.71. The molecule has 0 fully saturated rings. The molecule has 4 nitrogen and oxygen atoms in total. The predicted molar refractivity (Wildman–Crippen MR) is 83.6 cm³/mol. The molecule has 2 rings (SSSR count). The molecule has 0 amide bonds. The summed E-state index contributed by atoms with van der Waals surface area (Å²) in [4.78, 5) is 20.5. The number of benzene rings is 1. The molecule has 0 saturated heterocycles. The Kier molecular flexibility index (Phi) is 7.39. The number of aromatic carboxylic acids is 1. The lowest BCUT2D eigenvalue weighted by molar-refractivity contribution is -0.135. The lowest BCUT2D eigenvalue weighted by Gasteiger charge is -2.24. The molecule has 0 heterocycles. The smallest absolute Gasteiger partial charge is 0.341 e. The van der Waals surface area contributed by atoms with Gasteiger partial charge in [-0.3, -0.25) is 0 Å². The summed E-state index contributed by atoms with van der Waals surface area (Å²) < 4.78 is 100. The number of carboxylic acid groups (broad SMARTS) is 2. The maximum Gasteiger partial charge on any atom is 0.341 e. The van der Waals surface area contributed by atoms with Crippen LogP contribution in [0.5, 0.6) is 0 Å². The first-order chi connectivity index (χ1) is 12.7. The summed E-state index contributed by atoms with van der Waals surface area (Å²) in [5, 5.41) is 16.5. The zero-order valence-electron chi connectivity index (χ0n) is 12.6. The van der Waals surface area contributed by atoms with Gasteiger partial charge in [-0.2, -0.15) is 8.78 Å². The maximum absolute atomic E-state index is 12.9. The van der Waals surface area contributed by atoms with Crippen molar-refractivity contribution in [2.24, 2.45) is 0 Å². The standard InChI is InChI=1S/C7HBrF4O2.C7H3BrF4O2/c8-2-5(11)3(9)1(7(13)14)4(10)6(2)12;8-3-1-2(9)4(6(13)14)5(10)7(3,11)12/h(H,13,14);1,5H,(H,13,14). The van der Waals surface area contributed by atoms with Crippen molar-refractivity contribution in [3.8, 4) is 0 Å². The van der Waals surface area contributed by atoms with Gasteiger partial charge in [-0.25, -0.2) is 35.9 Å². The minimum Gasteiger partial charge on any atom is -0.478 e. The molecule has 154 valence electrons. The van der Waals surface area contributed by atoms with Crippen molar-refractivity contribution in [1.29, 1.82) is 0 Å². The minimum absolute atomic E-state index is 0.250. The van der Waals surface area contributed by atoms with Gasteiger partial charge in [0.25, 0.3) is 0 Å². The molecule has 1 unspecified atom stereocenters. The third kappa shape index (κ3) is 4.37. The number of aliphatic carboxylic acids is 1. The monoisotopic (exact) mass is 546 g/mol. The first kappa shape index (κ1) is 24.1. The predicted octanol–water partition coefficient (Wildman–Crippen LogP) is 5.26. The van der Waals surface area contributed by atoms with E-state index in [1.807, 2.05) is 0 Å². The van der Waals surface area contributed by atoms with E-state index >= 15 is 0 Å². The molecule has 28 heavy (non-hydrogen) atoms. The first-order valence-corrected chi connectivity index (χ1v) is 8.02. The zero-order chi connectivity index (χ0) is 22.1. The Morgan fingerprint density at radius 1 is 0.893 bits per heavy atom. The SMILES string of the molecule is O=C(O)C1=C(F)C=C(Br)C(F)(F)C1F.O=C(O)c1c(F)c(F)c(Br)c(F)c1F. The van der Waals surface area contributed by atoms with Gasteiger partial charge in [0.2, 0.25) is 6.17 Å². The highest BCUT2D eigenvalue weighted by Gasteiger charge is 2.51. The highest BCUT2D eigenvalue weighted by atomic mass is 79.9. The summed E-state index contributed by atoms with van der Waals surface area (Å²) in [7, 11) is 0. The molecular formula is C14H4Br2F8O4. The molecule has 14 heteroatoms. The summed E-state index contributed by atoms with van der Waals surface area (Å²) in [6, 6.07) is 0.